The molecule has 0 aliphatic rings. The molecule has 0 bridgehead atoms. The van der Waals surface area contributed by atoms with Crippen molar-refractivity contribution in [3.8, 4) is 11.3 Å². The maximum absolute atomic E-state index is 12.7. The van der Waals surface area contributed by atoms with Gasteiger partial charge in [0.25, 0.3) is 16.0 Å². The maximum Gasteiger partial charge on any atom is 0.264 e. The van der Waals surface area contributed by atoms with Gasteiger partial charge in [-0.2, -0.15) is 4.98 Å². The van der Waals surface area contributed by atoms with Crippen LogP contribution in [0.4, 0.5) is 5.95 Å². The van der Waals surface area contributed by atoms with Gasteiger partial charge in [-0.3, -0.25) is 0 Å². The summed E-state index contributed by atoms with van der Waals surface area (Å²) in [6.07, 6.45) is 0. The molecule has 2 aromatic heterocycles. The Morgan fingerprint density at radius 3 is 2.56 bits per heavy atom. The zero-order valence-electron chi connectivity index (χ0n) is 14.5. The Morgan fingerprint density at radius 2 is 1.85 bits per heavy atom. The molecule has 6 nitrogen and oxygen atoms in total. The molecule has 138 valence electrons. The van der Waals surface area contributed by atoms with Crippen LogP contribution >= 0.6 is 22.9 Å². The molecule has 0 radical (unpaired) electrons. The van der Waals surface area contributed by atoms with Gasteiger partial charge >= 0.3 is 0 Å². The molecule has 2 aromatic carbocycles. The third kappa shape index (κ3) is 3.43. The van der Waals surface area contributed by atoms with E-state index in [1.807, 2.05) is 30.5 Å². The Labute approximate surface area is 165 Å². The summed E-state index contributed by atoms with van der Waals surface area (Å²) in [6.45, 7) is 3.68. The van der Waals surface area contributed by atoms with E-state index in [0.29, 0.717) is 15.5 Å². The molecular weight excluding hydrogens is 404 g/mol. The van der Waals surface area contributed by atoms with Gasteiger partial charge in [0.2, 0.25) is 4.96 Å². The summed E-state index contributed by atoms with van der Waals surface area (Å²) in [5.74, 6) is 0.0389. The number of benzene rings is 2. The van der Waals surface area contributed by atoms with Crippen molar-refractivity contribution in [1.29, 1.82) is 0 Å². The second-order valence-corrected chi connectivity index (χ2v) is 9.06. The minimum Gasteiger partial charge on any atom is -0.246 e. The second-order valence-electron chi connectivity index (χ2n) is 6.13. The molecule has 0 saturated carbocycles. The number of rotatable bonds is 4. The summed E-state index contributed by atoms with van der Waals surface area (Å²) in [4.78, 5) is 5.10. The van der Waals surface area contributed by atoms with E-state index in [4.69, 9.17) is 11.6 Å². The number of nitrogens with one attached hydrogen (secondary N) is 1. The van der Waals surface area contributed by atoms with Gasteiger partial charge in [-0.25, -0.2) is 17.7 Å². The zero-order chi connectivity index (χ0) is 19.2. The van der Waals surface area contributed by atoms with Crippen LogP contribution in [0, 0.1) is 13.8 Å². The molecule has 27 heavy (non-hydrogen) atoms. The molecule has 0 unspecified atom stereocenters. The largest absolute Gasteiger partial charge is 0.264 e. The predicted octanol–water partition coefficient (Wildman–Crippen LogP) is 4.53. The average Bonchev–Trinajstić information content (AvgIpc) is 3.15. The molecule has 0 saturated heterocycles. The van der Waals surface area contributed by atoms with E-state index in [2.05, 4.69) is 14.8 Å². The Morgan fingerprint density at radius 1 is 1.11 bits per heavy atom. The highest BCUT2D eigenvalue weighted by molar-refractivity contribution is 7.92. The molecule has 0 spiro atoms. The average molecular weight is 419 g/mol. The van der Waals surface area contributed by atoms with Crippen LogP contribution in [-0.4, -0.2) is 23.0 Å². The van der Waals surface area contributed by atoms with Crippen LogP contribution in [0.1, 0.15) is 11.1 Å². The third-order valence-electron chi connectivity index (χ3n) is 4.07. The van der Waals surface area contributed by atoms with Crippen molar-refractivity contribution in [3.05, 3.63) is 64.0 Å². The number of hydrogen-bond acceptors (Lipinski definition) is 5. The van der Waals surface area contributed by atoms with Crippen LogP contribution in [0.25, 0.3) is 16.2 Å². The predicted molar refractivity (Wildman–Crippen MR) is 108 cm³/mol. The number of aryl methyl sites for hydroxylation is 2. The number of hydrogen-bond donors (Lipinski definition) is 1. The zero-order valence-corrected chi connectivity index (χ0v) is 16.9. The number of halogens is 1. The fourth-order valence-electron chi connectivity index (χ4n) is 2.82. The van der Waals surface area contributed by atoms with Gasteiger partial charge in [-0.15, -0.1) is 16.4 Å². The van der Waals surface area contributed by atoms with Gasteiger partial charge in [0.1, 0.15) is 0 Å². The van der Waals surface area contributed by atoms with E-state index in [9.17, 15) is 8.42 Å². The van der Waals surface area contributed by atoms with E-state index in [0.717, 1.165) is 16.8 Å². The highest BCUT2D eigenvalue weighted by atomic mass is 35.5. The van der Waals surface area contributed by atoms with Crippen LogP contribution in [0.5, 0.6) is 0 Å². The summed E-state index contributed by atoms with van der Waals surface area (Å²) in [7, 11) is -3.77. The van der Waals surface area contributed by atoms with Crippen molar-refractivity contribution in [2.75, 3.05) is 4.72 Å². The Balaban J connectivity index is 1.70. The van der Waals surface area contributed by atoms with Crippen molar-refractivity contribution in [2.45, 2.75) is 18.7 Å². The second kappa shape index (κ2) is 6.63. The quantitative estimate of drug-likeness (QED) is 0.528. The standard InChI is InChI=1S/C18H15ClN4O2S2/c1-11-3-8-16(12(2)9-11)27(24,25)22-17-20-18-23(21-17)15(10-26-18)13-4-6-14(19)7-5-13/h3-10H,1-2H3,(H,21,22). The van der Waals surface area contributed by atoms with E-state index in [1.54, 1.807) is 35.7 Å². The smallest absolute Gasteiger partial charge is 0.246 e. The third-order valence-corrected chi connectivity index (χ3v) is 6.62. The van der Waals surface area contributed by atoms with Gasteiger partial charge in [0.05, 0.1) is 10.6 Å². The van der Waals surface area contributed by atoms with Gasteiger partial charge in [-0.1, -0.05) is 41.4 Å². The van der Waals surface area contributed by atoms with Crippen LogP contribution in [0.15, 0.2) is 52.7 Å². The Hall–Kier alpha value is -2.42. The fraction of sp³-hybridized carbons (Fsp3) is 0.111. The van der Waals surface area contributed by atoms with E-state index in [-0.39, 0.29) is 10.8 Å². The van der Waals surface area contributed by atoms with Crippen molar-refractivity contribution in [1.82, 2.24) is 14.6 Å². The number of anilines is 1. The van der Waals surface area contributed by atoms with E-state index in [1.165, 1.54) is 11.3 Å². The molecular formula is C18H15ClN4O2S2. The minimum atomic E-state index is -3.77. The van der Waals surface area contributed by atoms with E-state index >= 15 is 0 Å². The molecule has 2 heterocycles. The topological polar surface area (TPSA) is 76.4 Å². The molecule has 0 atom stereocenters. The number of fused-ring (bicyclic) bond motifs is 1. The van der Waals surface area contributed by atoms with Crippen LogP contribution in [-0.2, 0) is 10.0 Å². The maximum atomic E-state index is 12.7. The Kier molecular flexibility index (Phi) is 4.41. The normalized spacial score (nSPS) is 11.8. The molecule has 9 heteroatoms. The van der Waals surface area contributed by atoms with Crippen molar-refractivity contribution in [3.63, 3.8) is 0 Å². The summed E-state index contributed by atoms with van der Waals surface area (Å²) < 4.78 is 29.5. The molecule has 0 aliphatic heterocycles. The van der Waals surface area contributed by atoms with Crippen LogP contribution in [0.3, 0.4) is 0 Å². The lowest BCUT2D eigenvalue weighted by molar-refractivity contribution is 0.600. The summed E-state index contributed by atoms with van der Waals surface area (Å²) in [5.41, 5.74) is 3.40. The molecule has 4 aromatic rings. The number of sulfonamides is 1. The first-order chi connectivity index (χ1) is 12.8. The minimum absolute atomic E-state index is 0.0389. The van der Waals surface area contributed by atoms with Crippen LogP contribution < -0.4 is 4.72 Å². The fourth-order valence-corrected chi connectivity index (χ4v) is 4.94. The SMILES string of the molecule is Cc1ccc(S(=O)(=O)Nc2nc3scc(-c4ccc(Cl)cc4)n3n2)c(C)c1. The van der Waals surface area contributed by atoms with Gasteiger partial charge in [0.15, 0.2) is 0 Å². The summed E-state index contributed by atoms with van der Waals surface area (Å²) >= 11 is 7.32. The van der Waals surface area contributed by atoms with Crippen molar-refractivity contribution >= 4 is 43.9 Å². The summed E-state index contributed by atoms with van der Waals surface area (Å²) in [5, 5.41) is 6.88. The summed E-state index contributed by atoms with van der Waals surface area (Å²) in [6, 6.07) is 12.5. The lowest BCUT2D eigenvalue weighted by Gasteiger charge is -2.08. The lowest BCUT2D eigenvalue weighted by atomic mass is 10.2. The van der Waals surface area contributed by atoms with Gasteiger partial charge in [0, 0.05) is 16.0 Å². The molecule has 0 amide bonds. The molecule has 4 rings (SSSR count). The van der Waals surface area contributed by atoms with Crippen molar-refractivity contribution < 1.29 is 8.42 Å². The Bertz CT molecular complexity index is 1240. The molecule has 1 N–H and O–H groups in total. The number of nitrogens with zero attached hydrogens (tertiary/aromatic N) is 3. The first-order valence-electron chi connectivity index (χ1n) is 8.04. The van der Waals surface area contributed by atoms with Gasteiger partial charge in [-0.05, 0) is 37.6 Å². The van der Waals surface area contributed by atoms with Crippen LogP contribution in [0.2, 0.25) is 5.02 Å². The van der Waals surface area contributed by atoms with Gasteiger partial charge < -0.3 is 0 Å². The monoisotopic (exact) mass is 418 g/mol. The number of aromatic nitrogens is 3. The highest BCUT2D eigenvalue weighted by Crippen LogP contribution is 2.27. The van der Waals surface area contributed by atoms with E-state index < -0.39 is 10.0 Å². The number of thiazole rings is 1. The lowest BCUT2D eigenvalue weighted by Crippen LogP contribution is -2.15. The highest BCUT2D eigenvalue weighted by Gasteiger charge is 2.20. The molecule has 0 aliphatic carbocycles. The first kappa shape index (κ1) is 18.0. The van der Waals surface area contributed by atoms with Crippen molar-refractivity contribution in [2.24, 2.45) is 0 Å². The molecule has 0 fully saturated rings. The first-order valence-corrected chi connectivity index (χ1v) is 10.8.